The largest absolute Gasteiger partial charge is 0.380 e. The van der Waals surface area contributed by atoms with Crippen LogP contribution in [0.25, 0.3) is 0 Å². The van der Waals surface area contributed by atoms with Crippen LogP contribution < -0.4 is 5.32 Å². The van der Waals surface area contributed by atoms with Gasteiger partial charge in [-0.1, -0.05) is 0 Å². The predicted octanol–water partition coefficient (Wildman–Crippen LogP) is 1.67. The molecule has 0 aliphatic heterocycles. The van der Waals surface area contributed by atoms with Gasteiger partial charge in [0.15, 0.2) is 0 Å². The highest BCUT2D eigenvalue weighted by atomic mass is 16.5. The normalized spacial score (nSPS) is 12.9. The molecule has 1 rings (SSSR count). The van der Waals surface area contributed by atoms with Gasteiger partial charge in [-0.2, -0.15) is 5.10 Å². The van der Waals surface area contributed by atoms with Crippen LogP contribution in [0.3, 0.4) is 0 Å². The molecule has 0 radical (unpaired) electrons. The van der Waals surface area contributed by atoms with E-state index < -0.39 is 0 Å². The van der Waals surface area contributed by atoms with E-state index in [0.717, 1.165) is 32.6 Å². The Morgan fingerprint density at radius 2 is 2.38 bits per heavy atom. The van der Waals surface area contributed by atoms with Crippen molar-refractivity contribution in [2.75, 3.05) is 19.8 Å². The third-order valence-corrected chi connectivity index (χ3v) is 2.62. The summed E-state index contributed by atoms with van der Waals surface area (Å²) >= 11 is 0. The Bertz CT molecular complexity index is 286. The van der Waals surface area contributed by atoms with Crippen molar-refractivity contribution in [1.29, 1.82) is 0 Å². The first-order valence-corrected chi connectivity index (χ1v) is 6.04. The Kier molecular flexibility index (Phi) is 6.11. The SMILES string of the molecule is CCOCC(C)NCCCc1cn[nH]c1C. The summed E-state index contributed by atoms with van der Waals surface area (Å²) in [5.74, 6) is 0. The van der Waals surface area contributed by atoms with E-state index in [1.807, 2.05) is 13.1 Å². The van der Waals surface area contributed by atoms with Crippen LogP contribution in [-0.4, -0.2) is 36.0 Å². The van der Waals surface area contributed by atoms with Gasteiger partial charge in [0.2, 0.25) is 0 Å². The third-order valence-electron chi connectivity index (χ3n) is 2.62. The van der Waals surface area contributed by atoms with Crippen molar-refractivity contribution in [1.82, 2.24) is 15.5 Å². The molecule has 92 valence electrons. The van der Waals surface area contributed by atoms with E-state index in [9.17, 15) is 0 Å². The Labute approximate surface area is 97.8 Å². The smallest absolute Gasteiger partial charge is 0.0616 e. The minimum atomic E-state index is 0.436. The molecule has 0 aliphatic rings. The molecule has 0 saturated heterocycles. The maximum Gasteiger partial charge on any atom is 0.0616 e. The van der Waals surface area contributed by atoms with Crippen LogP contribution in [0.15, 0.2) is 6.20 Å². The summed E-state index contributed by atoms with van der Waals surface area (Å²) in [4.78, 5) is 0. The van der Waals surface area contributed by atoms with Gasteiger partial charge in [-0.3, -0.25) is 5.10 Å². The molecule has 0 amide bonds. The van der Waals surface area contributed by atoms with Crippen molar-refractivity contribution in [3.63, 3.8) is 0 Å². The van der Waals surface area contributed by atoms with Crippen LogP contribution in [-0.2, 0) is 11.2 Å². The van der Waals surface area contributed by atoms with Gasteiger partial charge in [-0.15, -0.1) is 0 Å². The van der Waals surface area contributed by atoms with Gasteiger partial charge < -0.3 is 10.1 Å². The number of rotatable bonds is 8. The maximum absolute atomic E-state index is 5.34. The summed E-state index contributed by atoms with van der Waals surface area (Å²) in [6, 6.07) is 0.436. The predicted molar refractivity (Wildman–Crippen MR) is 65.6 cm³/mol. The van der Waals surface area contributed by atoms with Crippen LogP contribution in [0.2, 0.25) is 0 Å². The molecule has 0 fully saturated rings. The van der Waals surface area contributed by atoms with Gasteiger partial charge in [0.1, 0.15) is 0 Å². The number of H-pyrrole nitrogens is 1. The van der Waals surface area contributed by atoms with Crippen molar-refractivity contribution in [3.8, 4) is 0 Å². The van der Waals surface area contributed by atoms with Crippen LogP contribution in [0.1, 0.15) is 31.5 Å². The number of aromatic amines is 1. The zero-order chi connectivity index (χ0) is 11.8. The van der Waals surface area contributed by atoms with Crippen molar-refractivity contribution in [2.24, 2.45) is 0 Å². The summed E-state index contributed by atoms with van der Waals surface area (Å²) < 4.78 is 5.34. The van der Waals surface area contributed by atoms with Crippen LogP contribution in [0.4, 0.5) is 0 Å². The number of hydrogen-bond acceptors (Lipinski definition) is 3. The number of aryl methyl sites for hydroxylation is 2. The number of nitrogens with zero attached hydrogens (tertiary/aromatic N) is 1. The molecule has 4 nitrogen and oxygen atoms in total. The van der Waals surface area contributed by atoms with Crippen LogP contribution in [0, 0.1) is 6.92 Å². The zero-order valence-electron chi connectivity index (χ0n) is 10.5. The lowest BCUT2D eigenvalue weighted by Crippen LogP contribution is -2.31. The average Bonchev–Trinajstić information content (AvgIpc) is 2.67. The Balaban J connectivity index is 2.06. The van der Waals surface area contributed by atoms with E-state index >= 15 is 0 Å². The van der Waals surface area contributed by atoms with Crippen molar-refractivity contribution >= 4 is 0 Å². The summed E-state index contributed by atoms with van der Waals surface area (Å²) in [7, 11) is 0. The molecular formula is C12H23N3O. The third kappa shape index (κ3) is 4.77. The topological polar surface area (TPSA) is 49.9 Å². The fraction of sp³-hybridized carbons (Fsp3) is 0.750. The molecule has 0 aliphatic carbocycles. The van der Waals surface area contributed by atoms with Gasteiger partial charge in [0.05, 0.1) is 12.8 Å². The molecule has 4 heteroatoms. The van der Waals surface area contributed by atoms with E-state index in [0.29, 0.717) is 6.04 Å². The van der Waals surface area contributed by atoms with E-state index in [1.54, 1.807) is 0 Å². The molecule has 1 heterocycles. The molecule has 1 atom stereocenters. The number of aromatic nitrogens is 2. The molecule has 1 aromatic rings. The lowest BCUT2D eigenvalue weighted by Gasteiger charge is -2.13. The van der Waals surface area contributed by atoms with E-state index in [2.05, 4.69) is 29.4 Å². The second-order valence-corrected chi connectivity index (χ2v) is 4.14. The Morgan fingerprint density at radius 3 is 3.00 bits per heavy atom. The summed E-state index contributed by atoms with van der Waals surface area (Å²) in [6.45, 7) is 8.85. The summed E-state index contributed by atoms with van der Waals surface area (Å²) in [5.41, 5.74) is 2.50. The number of ether oxygens (including phenoxy) is 1. The zero-order valence-corrected chi connectivity index (χ0v) is 10.5. The first-order valence-electron chi connectivity index (χ1n) is 6.04. The van der Waals surface area contributed by atoms with Gasteiger partial charge in [-0.05, 0) is 45.7 Å². The van der Waals surface area contributed by atoms with Crippen molar-refractivity contribution in [2.45, 2.75) is 39.7 Å². The van der Waals surface area contributed by atoms with Crippen molar-refractivity contribution in [3.05, 3.63) is 17.5 Å². The molecule has 0 saturated carbocycles. The summed E-state index contributed by atoms with van der Waals surface area (Å²) in [6.07, 6.45) is 4.13. The Hall–Kier alpha value is -0.870. The number of hydrogen-bond donors (Lipinski definition) is 2. The molecular weight excluding hydrogens is 202 g/mol. The second kappa shape index (κ2) is 7.41. The Morgan fingerprint density at radius 1 is 1.56 bits per heavy atom. The second-order valence-electron chi connectivity index (χ2n) is 4.14. The van der Waals surface area contributed by atoms with E-state index in [-0.39, 0.29) is 0 Å². The maximum atomic E-state index is 5.34. The molecule has 1 aromatic heterocycles. The highest BCUT2D eigenvalue weighted by molar-refractivity contribution is 5.14. The first-order chi connectivity index (χ1) is 7.74. The van der Waals surface area contributed by atoms with Crippen molar-refractivity contribution < 1.29 is 4.74 Å². The lowest BCUT2D eigenvalue weighted by atomic mass is 10.1. The monoisotopic (exact) mass is 225 g/mol. The van der Waals surface area contributed by atoms with Crippen LogP contribution >= 0.6 is 0 Å². The molecule has 16 heavy (non-hydrogen) atoms. The summed E-state index contributed by atoms with van der Waals surface area (Å²) in [5, 5.41) is 10.4. The van der Waals surface area contributed by atoms with Gasteiger partial charge >= 0.3 is 0 Å². The highest BCUT2D eigenvalue weighted by Crippen LogP contribution is 2.05. The minimum absolute atomic E-state index is 0.436. The molecule has 0 aromatic carbocycles. The fourth-order valence-electron chi connectivity index (χ4n) is 1.61. The fourth-order valence-corrected chi connectivity index (χ4v) is 1.61. The van der Waals surface area contributed by atoms with Gasteiger partial charge in [0.25, 0.3) is 0 Å². The number of nitrogens with one attached hydrogen (secondary N) is 2. The first kappa shape index (κ1) is 13.2. The van der Waals surface area contributed by atoms with E-state index in [4.69, 9.17) is 4.74 Å². The van der Waals surface area contributed by atoms with E-state index in [1.165, 1.54) is 11.3 Å². The van der Waals surface area contributed by atoms with Gasteiger partial charge in [-0.25, -0.2) is 0 Å². The lowest BCUT2D eigenvalue weighted by molar-refractivity contribution is 0.127. The quantitative estimate of drug-likeness (QED) is 0.662. The minimum Gasteiger partial charge on any atom is -0.380 e. The molecule has 2 N–H and O–H groups in total. The average molecular weight is 225 g/mol. The standard InChI is InChI=1S/C12H23N3O/c1-4-16-9-10(2)13-7-5-6-12-8-14-15-11(12)3/h8,10,13H,4-7,9H2,1-3H3,(H,14,15). The highest BCUT2D eigenvalue weighted by Gasteiger charge is 2.02. The molecule has 1 unspecified atom stereocenters. The van der Waals surface area contributed by atoms with Gasteiger partial charge in [0, 0.05) is 18.3 Å². The molecule has 0 bridgehead atoms. The van der Waals surface area contributed by atoms with Crippen LogP contribution in [0.5, 0.6) is 0 Å². The molecule has 0 spiro atoms.